The topological polar surface area (TPSA) is 50.1 Å². The van der Waals surface area contributed by atoms with Gasteiger partial charge in [-0.15, -0.1) is 0 Å². The lowest BCUT2D eigenvalue weighted by Crippen LogP contribution is -2.20. The van der Waals surface area contributed by atoms with E-state index in [-0.39, 0.29) is 5.78 Å². The lowest BCUT2D eigenvalue weighted by Gasteiger charge is -2.11. The molecule has 78 valence electrons. The number of hydrogen-bond acceptors (Lipinski definition) is 3. The Kier molecular flexibility index (Phi) is 3.70. The molecule has 3 nitrogen and oxygen atoms in total. The first-order valence-corrected chi connectivity index (χ1v) is 4.79. The predicted molar refractivity (Wildman–Crippen MR) is 56.9 cm³/mol. The fourth-order valence-electron chi connectivity index (χ4n) is 0.947. The van der Waals surface area contributed by atoms with E-state index < -0.39 is 6.10 Å². The molecule has 0 N–H and O–H groups in total. The maximum absolute atomic E-state index is 10.9. The van der Waals surface area contributed by atoms with E-state index in [1.54, 1.807) is 19.1 Å². The lowest BCUT2D eigenvalue weighted by molar-refractivity contribution is -0.122. The number of ether oxygens (including phenoxy) is 1. The molecular formula is C11H10ClNO2. The van der Waals surface area contributed by atoms with Gasteiger partial charge in [0.25, 0.3) is 0 Å². The van der Waals surface area contributed by atoms with Crippen LogP contribution in [0.3, 0.4) is 0 Å². The van der Waals surface area contributed by atoms with E-state index >= 15 is 0 Å². The van der Waals surface area contributed by atoms with Crippen molar-refractivity contribution in [3.05, 3.63) is 28.8 Å². The van der Waals surface area contributed by atoms with Crippen LogP contribution in [0.4, 0.5) is 0 Å². The van der Waals surface area contributed by atoms with Gasteiger partial charge in [-0.1, -0.05) is 11.6 Å². The quantitative estimate of drug-likeness (QED) is 0.791. The molecule has 0 spiro atoms. The Labute approximate surface area is 93.2 Å². The van der Waals surface area contributed by atoms with Gasteiger partial charge in [0.05, 0.1) is 10.6 Å². The van der Waals surface area contributed by atoms with E-state index in [0.29, 0.717) is 16.3 Å². The van der Waals surface area contributed by atoms with Crippen molar-refractivity contribution >= 4 is 17.4 Å². The molecule has 0 aliphatic heterocycles. The van der Waals surface area contributed by atoms with Gasteiger partial charge in [0.1, 0.15) is 11.8 Å². The van der Waals surface area contributed by atoms with Crippen molar-refractivity contribution in [2.45, 2.75) is 20.0 Å². The highest BCUT2D eigenvalue weighted by Gasteiger charge is 2.10. The molecule has 4 heteroatoms. The van der Waals surface area contributed by atoms with Gasteiger partial charge in [0.2, 0.25) is 0 Å². The second kappa shape index (κ2) is 4.81. The van der Waals surface area contributed by atoms with Crippen LogP contribution in [0, 0.1) is 11.3 Å². The summed E-state index contributed by atoms with van der Waals surface area (Å²) < 4.78 is 5.31. The van der Waals surface area contributed by atoms with Gasteiger partial charge < -0.3 is 4.74 Å². The zero-order valence-corrected chi connectivity index (χ0v) is 9.21. The molecule has 0 radical (unpaired) electrons. The molecule has 0 saturated carbocycles. The van der Waals surface area contributed by atoms with E-state index in [1.807, 2.05) is 6.07 Å². The first-order valence-electron chi connectivity index (χ1n) is 4.41. The maximum Gasteiger partial charge on any atom is 0.169 e. The number of Topliss-reactive ketones (excluding diaryl/α,β-unsaturated/α-hetero) is 1. The van der Waals surface area contributed by atoms with Crippen molar-refractivity contribution < 1.29 is 9.53 Å². The highest BCUT2D eigenvalue weighted by Crippen LogP contribution is 2.22. The summed E-state index contributed by atoms with van der Waals surface area (Å²) in [6, 6.07) is 6.65. The van der Waals surface area contributed by atoms with Crippen molar-refractivity contribution in [2.24, 2.45) is 0 Å². The molecule has 15 heavy (non-hydrogen) atoms. The number of benzene rings is 1. The molecule has 0 fully saturated rings. The SMILES string of the molecule is CC(=O)C(C)Oc1ccc(C#N)c(Cl)c1. The number of ketones is 1. The van der Waals surface area contributed by atoms with Crippen LogP contribution in [0.2, 0.25) is 5.02 Å². The van der Waals surface area contributed by atoms with Gasteiger partial charge >= 0.3 is 0 Å². The van der Waals surface area contributed by atoms with E-state index in [4.69, 9.17) is 21.6 Å². The van der Waals surface area contributed by atoms with Crippen LogP contribution >= 0.6 is 11.6 Å². The Hall–Kier alpha value is -1.53. The van der Waals surface area contributed by atoms with Gasteiger partial charge in [-0.3, -0.25) is 4.79 Å². The Bertz CT molecular complexity index is 423. The Morgan fingerprint density at radius 3 is 2.73 bits per heavy atom. The molecular weight excluding hydrogens is 214 g/mol. The standard InChI is InChI=1S/C11H10ClNO2/c1-7(14)8(2)15-10-4-3-9(6-13)11(12)5-10/h3-5,8H,1-2H3. The molecule has 0 heterocycles. The summed E-state index contributed by atoms with van der Waals surface area (Å²) in [5, 5.41) is 8.97. The molecule has 0 aromatic heterocycles. The van der Waals surface area contributed by atoms with Crippen molar-refractivity contribution in [1.29, 1.82) is 5.26 Å². The predicted octanol–water partition coefficient (Wildman–Crippen LogP) is 2.57. The largest absolute Gasteiger partial charge is 0.483 e. The van der Waals surface area contributed by atoms with E-state index in [2.05, 4.69) is 0 Å². The second-order valence-electron chi connectivity index (χ2n) is 3.12. The average molecular weight is 224 g/mol. The van der Waals surface area contributed by atoms with Crippen molar-refractivity contribution in [3.63, 3.8) is 0 Å². The first kappa shape index (κ1) is 11.5. The third-order valence-corrected chi connectivity index (χ3v) is 2.26. The third-order valence-electron chi connectivity index (χ3n) is 1.95. The monoisotopic (exact) mass is 223 g/mol. The van der Waals surface area contributed by atoms with Crippen LogP contribution in [0.5, 0.6) is 5.75 Å². The fraction of sp³-hybridized carbons (Fsp3) is 0.273. The molecule has 1 atom stereocenters. The molecule has 1 unspecified atom stereocenters. The Morgan fingerprint density at radius 2 is 2.27 bits per heavy atom. The number of halogens is 1. The lowest BCUT2D eigenvalue weighted by atomic mass is 10.2. The van der Waals surface area contributed by atoms with Crippen LogP contribution in [-0.4, -0.2) is 11.9 Å². The van der Waals surface area contributed by atoms with Crippen LogP contribution in [-0.2, 0) is 4.79 Å². The molecule has 1 aromatic carbocycles. The van der Waals surface area contributed by atoms with Gasteiger partial charge in [-0.2, -0.15) is 5.26 Å². The average Bonchev–Trinajstić information content (AvgIpc) is 2.18. The van der Waals surface area contributed by atoms with Crippen molar-refractivity contribution in [1.82, 2.24) is 0 Å². The second-order valence-corrected chi connectivity index (χ2v) is 3.53. The summed E-state index contributed by atoms with van der Waals surface area (Å²) in [7, 11) is 0. The smallest absolute Gasteiger partial charge is 0.169 e. The van der Waals surface area contributed by atoms with Gasteiger partial charge in [-0.05, 0) is 26.0 Å². The zero-order chi connectivity index (χ0) is 11.4. The van der Waals surface area contributed by atoms with Crippen LogP contribution in [0.25, 0.3) is 0 Å². The number of hydrogen-bond donors (Lipinski definition) is 0. The summed E-state index contributed by atoms with van der Waals surface area (Å²) >= 11 is 5.81. The molecule has 0 bridgehead atoms. The Morgan fingerprint density at radius 1 is 1.60 bits per heavy atom. The summed E-state index contributed by atoms with van der Waals surface area (Å²) in [4.78, 5) is 10.9. The molecule has 0 amide bonds. The van der Waals surface area contributed by atoms with Gasteiger partial charge in [0.15, 0.2) is 11.9 Å². The molecule has 0 saturated heterocycles. The number of carbonyl (C=O) groups is 1. The summed E-state index contributed by atoms with van der Waals surface area (Å²) in [6.07, 6.45) is -0.506. The minimum Gasteiger partial charge on any atom is -0.483 e. The van der Waals surface area contributed by atoms with Crippen molar-refractivity contribution in [3.8, 4) is 11.8 Å². The minimum absolute atomic E-state index is 0.0597. The number of nitrogens with zero attached hydrogens (tertiary/aromatic N) is 1. The van der Waals surface area contributed by atoms with Crippen LogP contribution in [0.1, 0.15) is 19.4 Å². The summed E-state index contributed by atoms with van der Waals surface area (Å²) in [6.45, 7) is 3.12. The Balaban J connectivity index is 2.85. The van der Waals surface area contributed by atoms with E-state index in [9.17, 15) is 4.79 Å². The van der Waals surface area contributed by atoms with Gasteiger partial charge in [-0.25, -0.2) is 0 Å². The van der Waals surface area contributed by atoms with Gasteiger partial charge in [0, 0.05) is 6.07 Å². The highest BCUT2D eigenvalue weighted by atomic mass is 35.5. The zero-order valence-electron chi connectivity index (χ0n) is 8.45. The molecule has 1 aromatic rings. The molecule has 0 aliphatic carbocycles. The van der Waals surface area contributed by atoms with E-state index in [1.165, 1.54) is 13.0 Å². The van der Waals surface area contributed by atoms with E-state index in [0.717, 1.165) is 0 Å². The maximum atomic E-state index is 10.9. The summed E-state index contributed by atoms with van der Waals surface area (Å²) in [5.41, 5.74) is 0.388. The van der Waals surface area contributed by atoms with Crippen LogP contribution in [0.15, 0.2) is 18.2 Å². The summed E-state index contributed by atoms with van der Waals surface area (Å²) in [5.74, 6) is 0.428. The van der Waals surface area contributed by atoms with Crippen LogP contribution < -0.4 is 4.74 Å². The number of carbonyl (C=O) groups excluding carboxylic acids is 1. The van der Waals surface area contributed by atoms with Crippen molar-refractivity contribution in [2.75, 3.05) is 0 Å². The minimum atomic E-state index is -0.506. The number of nitriles is 1. The normalized spacial score (nSPS) is 11.6. The first-order chi connectivity index (χ1) is 7.04. The third kappa shape index (κ3) is 2.97. The highest BCUT2D eigenvalue weighted by molar-refractivity contribution is 6.31. The molecule has 1 rings (SSSR count). The number of rotatable bonds is 3. The fourth-order valence-corrected chi connectivity index (χ4v) is 1.16. The molecule has 0 aliphatic rings.